The molecule has 0 atom stereocenters. The number of hydrogen-bond acceptors (Lipinski definition) is 3. The quantitative estimate of drug-likeness (QED) is 0.484. The highest BCUT2D eigenvalue weighted by atomic mass is 79.9. The first kappa shape index (κ1) is 11.9. The second-order valence-electron chi connectivity index (χ2n) is 2.53. The molecule has 0 saturated carbocycles. The van der Waals surface area contributed by atoms with E-state index in [2.05, 4.69) is 30.7 Å². The monoisotopic (exact) mass is 279 g/mol. The minimum Gasteiger partial charge on any atom is -0.492 e. The summed E-state index contributed by atoms with van der Waals surface area (Å²) < 4.78 is 31.6. The number of rotatable bonds is 3. The predicted molar refractivity (Wildman–Crippen MR) is 55.2 cm³/mol. The minimum atomic E-state index is -1.07. The van der Waals surface area contributed by atoms with Crippen LogP contribution in [0.4, 0.5) is 8.78 Å². The molecular weight excluding hydrogens is 272 g/mol. The van der Waals surface area contributed by atoms with Crippen LogP contribution in [-0.4, -0.2) is 20.4 Å². The zero-order valence-corrected chi connectivity index (χ0v) is 9.64. The second-order valence-corrected chi connectivity index (χ2v) is 3.38. The molecule has 0 amide bonds. The highest BCUT2D eigenvalue weighted by Crippen LogP contribution is 2.31. The van der Waals surface area contributed by atoms with Crippen LogP contribution in [0.15, 0.2) is 15.7 Å². The molecule has 0 aliphatic heterocycles. The second kappa shape index (κ2) is 5.06. The summed E-state index contributed by atoms with van der Waals surface area (Å²) in [5, 5.41) is 3.35. The zero-order valence-electron chi connectivity index (χ0n) is 8.05. The lowest BCUT2D eigenvalue weighted by Crippen LogP contribution is -1.98. The zero-order chi connectivity index (χ0) is 11.4. The van der Waals surface area contributed by atoms with Gasteiger partial charge in [-0.1, -0.05) is 5.16 Å². The standard InChI is InChI=1S/C9H8BrF2NO2/c1-14-9-6(10)3-5(4-13-15-2)7(11)8(9)12/h3-4H,1-2H3/b13-4+. The SMILES string of the molecule is CO/N=C/c1cc(Br)c(OC)c(F)c1F. The van der Waals surface area contributed by atoms with E-state index in [1.165, 1.54) is 20.3 Å². The Balaban J connectivity index is 3.27. The lowest BCUT2D eigenvalue weighted by Gasteiger charge is -2.07. The van der Waals surface area contributed by atoms with Gasteiger partial charge in [0, 0.05) is 5.56 Å². The van der Waals surface area contributed by atoms with Crippen molar-refractivity contribution in [1.82, 2.24) is 0 Å². The third-order valence-electron chi connectivity index (χ3n) is 1.65. The van der Waals surface area contributed by atoms with Crippen LogP contribution in [-0.2, 0) is 4.84 Å². The molecule has 0 bridgehead atoms. The molecule has 15 heavy (non-hydrogen) atoms. The summed E-state index contributed by atoms with van der Waals surface area (Å²) in [6.45, 7) is 0. The molecule has 0 unspecified atom stereocenters. The van der Waals surface area contributed by atoms with Gasteiger partial charge in [0.2, 0.25) is 5.82 Å². The third kappa shape index (κ3) is 2.44. The van der Waals surface area contributed by atoms with Crippen molar-refractivity contribution in [2.24, 2.45) is 5.16 Å². The molecule has 0 spiro atoms. The van der Waals surface area contributed by atoms with E-state index in [9.17, 15) is 8.78 Å². The van der Waals surface area contributed by atoms with Crippen molar-refractivity contribution in [3.63, 3.8) is 0 Å². The van der Waals surface area contributed by atoms with Gasteiger partial charge in [-0.3, -0.25) is 0 Å². The number of nitrogens with zero attached hydrogens (tertiary/aromatic N) is 1. The Bertz CT molecular complexity index is 396. The van der Waals surface area contributed by atoms with E-state index in [4.69, 9.17) is 0 Å². The summed E-state index contributed by atoms with van der Waals surface area (Å²) >= 11 is 3.05. The normalized spacial score (nSPS) is 10.7. The summed E-state index contributed by atoms with van der Waals surface area (Å²) in [5.41, 5.74) is -0.0259. The van der Waals surface area contributed by atoms with Gasteiger partial charge in [0.15, 0.2) is 11.6 Å². The van der Waals surface area contributed by atoms with Crippen LogP contribution in [0.3, 0.4) is 0 Å². The lowest BCUT2D eigenvalue weighted by molar-refractivity contribution is 0.215. The fraction of sp³-hybridized carbons (Fsp3) is 0.222. The summed E-state index contributed by atoms with van der Waals surface area (Å²) in [6.07, 6.45) is 1.07. The van der Waals surface area contributed by atoms with E-state index in [1.54, 1.807) is 0 Å². The first-order valence-corrected chi connectivity index (χ1v) is 4.69. The Morgan fingerprint density at radius 3 is 2.53 bits per heavy atom. The number of methoxy groups -OCH3 is 1. The van der Waals surface area contributed by atoms with E-state index >= 15 is 0 Å². The van der Waals surface area contributed by atoms with Crippen LogP contribution >= 0.6 is 15.9 Å². The van der Waals surface area contributed by atoms with Gasteiger partial charge in [0.05, 0.1) is 17.8 Å². The average molecular weight is 280 g/mol. The molecule has 0 N–H and O–H groups in total. The molecule has 0 aromatic heterocycles. The molecule has 0 heterocycles. The van der Waals surface area contributed by atoms with Crippen LogP contribution < -0.4 is 4.74 Å². The first-order valence-electron chi connectivity index (χ1n) is 3.89. The van der Waals surface area contributed by atoms with Crippen LogP contribution in [0.25, 0.3) is 0 Å². The Morgan fingerprint density at radius 2 is 2.00 bits per heavy atom. The van der Waals surface area contributed by atoms with Crippen LogP contribution in [0.2, 0.25) is 0 Å². The molecule has 0 saturated heterocycles. The maximum atomic E-state index is 13.3. The van der Waals surface area contributed by atoms with Crippen molar-refractivity contribution in [1.29, 1.82) is 0 Å². The van der Waals surface area contributed by atoms with Gasteiger partial charge in [-0.15, -0.1) is 0 Å². The van der Waals surface area contributed by atoms with E-state index in [0.29, 0.717) is 4.47 Å². The molecule has 6 heteroatoms. The highest BCUT2D eigenvalue weighted by molar-refractivity contribution is 9.10. The number of halogens is 3. The maximum absolute atomic E-state index is 13.3. The third-order valence-corrected chi connectivity index (χ3v) is 2.24. The van der Waals surface area contributed by atoms with Gasteiger partial charge in [-0.05, 0) is 22.0 Å². The Hall–Kier alpha value is -1.17. The summed E-state index contributed by atoms with van der Waals surface area (Å²) in [5.74, 6) is -2.28. The molecule has 0 radical (unpaired) electrons. The minimum absolute atomic E-state index is 0.0259. The molecule has 1 rings (SSSR count). The number of benzene rings is 1. The Morgan fingerprint density at radius 1 is 1.33 bits per heavy atom. The van der Waals surface area contributed by atoms with Crippen LogP contribution in [0.5, 0.6) is 5.75 Å². The molecule has 82 valence electrons. The molecule has 0 fully saturated rings. The number of ether oxygens (including phenoxy) is 1. The van der Waals surface area contributed by atoms with E-state index in [-0.39, 0.29) is 11.3 Å². The largest absolute Gasteiger partial charge is 0.492 e. The fourth-order valence-electron chi connectivity index (χ4n) is 0.987. The molecule has 1 aromatic carbocycles. The van der Waals surface area contributed by atoms with E-state index in [0.717, 1.165) is 6.21 Å². The summed E-state index contributed by atoms with van der Waals surface area (Å²) in [6, 6.07) is 1.35. The van der Waals surface area contributed by atoms with Crippen molar-refractivity contribution < 1.29 is 18.4 Å². The molecule has 0 aliphatic rings. The van der Waals surface area contributed by atoms with Crippen molar-refractivity contribution in [3.05, 3.63) is 27.7 Å². The average Bonchev–Trinajstić information content (AvgIpc) is 2.22. The Labute approximate surface area is 93.8 Å². The van der Waals surface area contributed by atoms with Crippen molar-refractivity contribution >= 4 is 22.1 Å². The highest BCUT2D eigenvalue weighted by Gasteiger charge is 2.16. The molecule has 0 aliphatic carbocycles. The summed E-state index contributed by atoms with van der Waals surface area (Å²) in [4.78, 5) is 4.37. The van der Waals surface area contributed by atoms with Crippen LogP contribution in [0, 0.1) is 11.6 Å². The van der Waals surface area contributed by atoms with Gasteiger partial charge in [0.1, 0.15) is 7.11 Å². The Kier molecular flexibility index (Phi) is 4.02. The van der Waals surface area contributed by atoms with Crippen molar-refractivity contribution in [3.8, 4) is 5.75 Å². The topological polar surface area (TPSA) is 30.8 Å². The smallest absolute Gasteiger partial charge is 0.202 e. The maximum Gasteiger partial charge on any atom is 0.202 e. The van der Waals surface area contributed by atoms with Crippen LogP contribution in [0.1, 0.15) is 5.56 Å². The molecule has 3 nitrogen and oxygen atoms in total. The van der Waals surface area contributed by atoms with E-state index in [1.807, 2.05) is 0 Å². The number of hydrogen-bond donors (Lipinski definition) is 0. The van der Waals surface area contributed by atoms with Gasteiger partial charge in [-0.25, -0.2) is 4.39 Å². The number of oxime groups is 1. The molecular formula is C9H8BrF2NO2. The molecule has 1 aromatic rings. The van der Waals surface area contributed by atoms with Crippen molar-refractivity contribution in [2.45, 2.75) is 0 Å². The summed E-state index contributed by atoms with van der Waals surface area (Å²) in [7, 11) is 2.56. The van der Waals surface area contributed by atoms with Gasteiger partial charge >= 0.3 is 0 Å². The van der Waals surface area contributed by atoms with Gasteiger partial charge in [-0.2, -0.15) is 4.39 Å². The van der Waals surface area contributed by atoms with Crippen molar-refractivity contribution in [2.75, 3.05) is 14.2 Å². The lowest BCUT2D eigenvalue weighted by atomic mass is 10.2. The van der Waals surface area contributed by atoms with Gasteiger partial charge < -0.3 is 9.57 Å². The predicted octanol–water partition coefficient (Wildman–Crippen LogP) is 2.72. The first-order chi connectivity index (χ1) is 7.11. The van der Waals surface area contributed by atoms with Gasteiger partial charge in [0.25, 0.3) is 0 Å². The fourth-order valence-corrected chi connectivity index (χ4v) is 1.57. The van der Waals surface area contributed by atoms with E-state index < -0.39 is 11.6 Å².